The highest BCUT2D eigenvalue weighted by Gasteiger charge is 2.15. The van der Waals surface area contributed by atoms with Crippen LogP contribution in [0.15, 0.2) is 72.8 Å². The van der Waals surface area contributed by atoms with Gasteiger partial charge in [0.2, 0.25) is 5.95 Å². The van der Waals surface area contributed by atoms with Gasteiger partial charge in [0.25, 0.3) is 0 Å². The Bertz CT molecular complexity index is 1100. The van der Waals surface area contributed by atoms with E-state index in [0.717, 1.165) is 0 Å². The number of hydrogen-bond acceptors (Lipinski definition) is 7. The van der Waals surface area contributed by atoms with E-state index in [0.29, 0.717) is 22.6 Å². The maximum atomic E-state index is 10.3. The Labute approximate surface area is 167 Å². The molecule has 0 amide bonds. The van der Waals surface area contributed by atoms with Gasteiger partial charge >= 0.3 is 0 Å². The summed E-state index contributed by atoms with van der Waals surface area (Å²) in [4.78, 5) is 13.4. The molecule has 3 aromatic carbocycles. The second kappa shape index (κ2) is 7.85. The van der Waals surface area contributed by atoms with Crippen molar-refractivity contribution in [3.05, 3.63) is 72.8 Å². The molecule has 1 aromatic heterocycles. The van der Waals surface area contributed by atoms with Gasteiger partial charge in [-0.15, -0.1) is 0 Å². The Hall–Kier alpha value is -4.13. The minimum absolute atomic E-state index is 0.0465. The minimum Gasteiger partial charge on any atom is -0.507 e. The average molecular weight is 386 g/mol. The monoisotopic (exact) mass is 386 g/mol. The maximum Gasteiger partial charge on any atom is 0.231 e. The van der Waals surface area contributed by atoms with E-state index < -0.39 is 0 Å². The van der Waals surface area contributed by atoms with Gasteiger partial charge in [-0.25, -0.2) is 4.98 Å². The van der Waals surface area contributed by atoms with E-state index in [-0.39, 0.29) is 29.1 Å². The first kappa shape index (κ1) is 18.2. The van der Waals surface area contributed by atoms with Crippen molar-refractivity contribution in [1.82, 2.24) is 15.0 Å². The molecule has 0 spiro atoms. The molecule has 4 aromatic rings. The Morgan fingerprint density at radius 3 is 1.76 bits per heavy atom. The number of rotatable bonds is 5. The lowest BCUT2D eigenvalue weighted by Crippen LogP contribution is -2.04. The predicted molar refractivity (Wildman–Crippen MR) is 110 cm³/mol. The van der Waals surface area contributed by atoms with Crippen LogP contribution in [0.1, 0.15) is 0 Å². The van der Waals surface area contributed by atoms with Crippen molar-refractivity contribution in [2.75, 3.05) is 12.4 Å². The first-order chi connectivity index (χ1) is 14.2. The predicted octanol–water partition coefficient (Wildman–Crippen LogP) is 4.37. The highest BCUT2D eigenvalue weighted by Crippen LogP contribution is 2.32. The van der Waals surface area contributed by atoms with Gasteiger partial charge in [0.15, 0.2) is 11.6 Å². The van der Waals surface area contributed by atoms with Crippen molar-refractivity contribution in [3.8, 4) is 40.0 Å². The summed E-state index contributed by atoms with van der Waals surface area (Å²) < 4.78 is 5.37. The number of para-hydroxylation sites is 4. The van der Waals surface area contributed by atoms with Crippen LogP contribution in [-0.4, -0.2) is 32.3 Å². The van der Waals surface area contributed by atoms with Gasteiger partial charge in [-0.3, -0.25) is 0 Å². The number of ether oxygens (including phenoxy) is 1. The van der Waals surface area contributed by atoms with E-state index in [1.165, 1.54) is 0 Å². The van der Waals surface area contributed by atoms with Gasteiger partial charge < -0.3 is 20.3 Å². The fourth-order valence-corrected chi connectivity index (χ4v) is 2.87. The molecule has 0 saturated heterocycles. The van der Waals surface area contributed by atoms with Crippen LogP contribution in [0, 0.1) is 0 Å². The number of aromatic nitrogens is 3. The molecule has 0 fully saturated rings. The fraction of sp³-hybridized carbons (Fsp3) is 0.0455. The molecule has 144 valence electrons. The summed E-state index contributed by atoms with van der Waals surface area (Å²) >= 11 is 0. The van der Waals surface area contributed by atoms with Crippen LogP contribution >= 0.6 is 0 Å². The maximum absolute atomic E-state index is 10.3. The second-order valence-corrected chi connectivity index (χ2v) is 6.17. The molecular formula is C22H18N4O3. The second-order valence-electron chi connectivity index (χ2n) is 6.17. The van der Waals surface area contributed by atoms with Gasteiger partial charge in [0, 0.05) is 0 Å². The molecular weight excluding hydrogens is 368 g/mol. The van der Waals surface area contributed by atoms with Gasteiger partial charge in [-0.1, -0.05) is 36.4 Å². The number of anilines is 2. The molecule has 1 heterocycles. The summed E-state index contributed by atoms with van der Waals surface area (Å²) in [6.07, 6.45) is 0. The molecule has 0 saturated carbocycles. The number of nitrogens with zero attached hydrogens (tertiary/aromatic N) is 3. The van der Waals surface area contributed by atoms with Crippen molar-refractivity contribution in [3.63, 3.8) is 0 Å². The third-order valence-corrected chi connectivity index (χ3v) is 4.28. The SMILES string of the molecule is COc1ccccc1Nc1nc(-c2ccccc2O)nc(-c2ccccc2O)n1. The molecule has 0 aliphatic rings. The molecule has 0 aliphatic carbocycles. The summed E-state index contributed by atoms with van der Waals surface area (Å²) in [5, 5.41) is 23.6. The van der Waals surface area contributed by atoms with Crippen LogP contribution in [0.3, 0.4) is 0 Å². The number of phenols is 2. The van der Waals surface area contributed by atoms with E-state index in [9.17, 15) is 10.2 Å². The fourth-order valence-electron chi connectivity index (χ4n) is 2.87. The molecule has 0 radical (unpaired) electrons. The smallest absolute Gasteiger partial charge is 0.231 e. The highest BCUT2D eigenvalue weighted by atomic mass is 16.5. The quantitative estimate of drug-likeness (QED) is 0.468. The van der Waals surface area contributed by atoms with Gasteiger partial charge in [0.05, 0.1) is 23.9 Å². The van der Waals surface area contributed by atoms with Crippen molar-refractivity contribution >= 4 is 11.6 Å². The lowest BCUT2D eigenvalue weighted by molar-refractivity contribution is 0.417. The summed E-state index contributed by atoms with van der Waals surface area (Å²) in [7, 11) is 1.58. The van der Waals surface area contributed by atoms with Crippen molar-refractivity contribution in [2.24, 2.45) is 0 Å². The minimum atomic E-state index is 0.0465. The third-order valence-electron chi connectivity index (χ3n) is 4.28. The van der Waals surface area contributed by atoms with E-state index in [1.807, 2.05) is 24.3 Å². The van der Waals surface area contributed by atoms with Gasteiger partial charge in [0.1, 0.15) is 17.2 Å². The number of phenolic OH excluding ortho intramolecular Hbond substituents is 2. The Kier molecular flexibility index (Phi) is 4.94. The third kappa shape index (κ3) is 3.79. The van der Waals surface area contributed by atoms with Crippen LogP contribution in [0.2, 0.25) is 0 Å². The summed E-state index contributed by atoms with van der Waals surface area (Å²) in [5.74, 6) is 1.51. The van der Waals surface area contributed by atoms with Gasteiger partial charge in [-0.05, 0) is 36.4 Å². The molecule has 7 heteroatoms. The normalized spacial score (nSPS) is 10.5. The van der Waals surface area contributed by atoms with Crippen LogP contribution in [0.25, 0.3) is 22.8 Å². The van der Waals surface area contributed by atoms with E-state index >= 15 is 0 Å². The molecule has 0 bridgehead atoms. The summed E-state index contributed by atoms with van der Waals surface area (Å²) in [6.45, 7) is 0. The largest absolute Gasteiger partial charge is 0.507 e. The first-order valence-electron chi connectivity index (χ1n) is 8.88. The molecule has 29 heavy (non-hydrogen) atoms. The lowest BCUT2D eigenvalue weighted by Gasteiger charge is -2.12. The summed E-state index contributed by atoms with van der Waals surface area (Å²) in [6, 6.07) is 20.9. The standard InChI is InChI=1S/C22H18N4O3/c1-29-19-13-7-4-10-16(19)23-22-25-20(14-8-2-5-11-17(14)27)24-21(26-22)15-9-3-6-12-18(15)28/h2-13,27-28H,1H3,(H,23,24,25,26). The Morgan fingerprint density at radius 2 is 1.21 bits per heavy atom. The van der Waals surface area contributed by atoms with Gasteiger partial charge in [-0.2, -0.15) is 9.97 Å². The number of hydrogen-bond donors (Lipinski definition) is 3. The molecule has 0 aliphatic heterocycles. The first-order valence-corrected chi connectivity index (χ1v) is 8.88. The lowest BCUT2D eigenvalue weighted by atomic mass is 10.1. The number of methoxy groups -OCH3 is 1. The Morgan fingerprint density at radius 1 is 0.690 bits per heavy atom. The number of nitrogens with one attached hydrogen (secondary N) is 1. The highest BCUT2D eigenvalue weighted by molar-refractivity contribution is 5.71. The molecule has 3 N–H and O–H groups in total. The molecule has 4 rings (SSSR count). The molecule has 7 nitrogen and oxygen atoms in total. The van der Waals surface area contributed by atoms with Crippen molar-refractivity contribution in [1.29, 1.82) is 0 Å². The topological polar surface area (TPSA) is 100 Å². The molecule has 0 atom stereocenters. The van der Waals surface area contributed by atoms with Crippen molar-refractivity contribution < 1.29 is 14.9 Å². The molecule has 0 unspecified atom stereocenters. The Balaban J connectivity index is 1.87. The number of aromatic hydroxyl groups is 2. The zero-order valence-electron chi connectivity index (χ0n) is 15.6. The van der Waals surface area contributed by atoms with E-state index in [1.54, 1.807) is 55.6 Å². The number of benzene rings is 3. The van der Waals surface area contributed by atoms with E-state index in [4.69, 9.17) is 4.74 Å². The summed E-state index contributed by atoms with van der Waals surface area (Å²) in [5.41, 5.74) is 1.58. The van der Waals surface area contributed by atoms with Crippen molar-refractivity contribution in [2.45, 2.75) is 0 Å². The van der Waals surface area contributed by atoms with Crippen LogP contribution in [-0.2, 0) is 0 Å². The van der Waals surface area contributed by atoms with Crippen LogP contribution in [0.5, 0.6) is 17.2 Å². The zero-order chi connectivity index (χ0) is 20.2. The zero-order valence-corrected chi connectivity index (χ0v) is 15.6. The van der Waals surface area contributed by atoms with Crippen LogP contribution < -0.4 is 10.1 Å². The average Bonchev–Trinajstić information content (AvgIpc) is 2.74. The van der Waals surface area contributed by atoms with Crippen LogP contribution in [0.4, 0.5) is 11.6 Å². The van der Waals surface area contributed by atoms with E-state index in [2.05, 4.69) is 20.3 Å².